The van der Waals surface area contributed by atoms with E-state index in [0.29, 0.717) is 17.7 Å². The molecule has 26 heavy (non-hydrogen) atoms. The van der Waals surface area contributed by atoms with Crippen molar-refractivity contribution in [1.29, 1.82) is 0 Å². The van der Waals surface area contributed by atoms with E-state index in [4.69, 9.17) is 20.3 Å². The first kappa shape index (κ1) is 17.7. The highest BCUT2D eigenvalue weighted by Crippen LogP contribution is 2.46. The lowest BCUT2D eigenvalue weighted by atomic mass is 10.1. The summed E-state index contributed by atoms with van der Waals surface area (Å²) in [5, 5.41) is 0. The molecule has 0 unspecified atom stereocenters. The second kappa shape index (κ2) is 6.45. The van der Waals surface area contributed by atoms with Gasteiger partial charge < -0.3 is 29.7 Å². The van der Waals surface area contributed by atoms with E-state index < -0.39 is 19.5 Å². The Morgan fingerprint density at radius 3 is 2.62 bits per heavy atom. The maximum absolute atomic E-state index is 11.1. The van der Waals surface area contributed by atoms with Gasteiger partial charge in [0.2, 0.25) is 5.95 Å². The zero-order chi connectivity index (χ0) is 18.4. The maximum Gasteiger partial charge on any atom is 0.351 e. The van der Waals surface area contributed by atoms with Crippen LogP contribution in [-0.4, -0.2) is 54.3 Å². The first-order chi connectivity index (χ1) is 12.4. The molecule has 0 bridgehead atoms. The molecule has 3 heterocycles. The average molecular weight is 382 g/mol. The number of imidazole rings is 1. The van der Waals surface area contributed by atoms with Crippen LogP contribution in [0.3, 0.4) is 0 Å². The third-order valence-corrected chi connectivity index (χ3v) is 5.39. The molecule has 0 atom stereocenters. The Morgan fingerprint density at radius 2 is 1.96 bits per heavy atom. The number of nitrogens with zero attached hydrogens (tertiary/aromatic N) is 5. The van der Waals surface area contributed by atoms with E-state index in [-0.39, 0.29) is 5.95 Å². The molecule has 2 aliphatic rings. The van der Waals surface area contributed by atoms with Crippen LogP contribution in [0.4, 0.5) is 11.8 Å². The van der Waals surface area contributed by atoms with Crippen LogP contribution in [0.15, 0.2) is 6.33 Å². The summed E-state index contributed by atoms with van der Waals surface area (Å²) >= 11 is 0. The van der Waals surface area contributed by atoms with Crippen molar-refractivity contribution in [3.05, 3.63) is 6.33 Å². The third-order valence-electron chi connectivity index (χ3n) is 4.92. The minimum atomic E-state index is -4.19. The van der Waals surface area contributed by atoms with Gasteiger partial charge >= 0.3 is 7.60 Å². The summed E-state index contributed by atoms with van der Waals surface area (Å²) in [7, 11) is -4.19. The smallest absolute Gasteiger partial charge is 0.351 e. The van der Waals surface area contributed by atoms with Gasteiger partial charge in [0.15, 0.2) is 17.0 Å². The molecule has 1 aliphatic heterocycles. The van der Waals surface area contributed by atoms with E-state index in [1.165, 1.54) is 6.42 Å². The quantitative estimate of drug-likeness (QED) is 0.626. The molecule has 1 saturated heterocycles. The molecular weight excluding hydrogens is 359 g/mol. The Morgan fingerprint density at radius 1 is 1.23 bits per heavy atom. The molecule has 0 amide bonds. The van der Waals surface area contributed by atoms with Gasteiger partial charge in [0, 0.05) is 13.1 Å². The lowest BCUT2D eigenvalue weighted by molar-refractivity contribution is 0.0417. The van der Waals surface area contributed by atoms with E-state index in [1.54, 1.807) is 6.33 Å². The van der Waals surface area contributed by atoms with Crippen LogP contribution in [0.5, 0.6) is 0 Å². The lowest BCUT2D eigenvalue weighted by Crippen LogP contribution is -2.30. The van der Waals surface area contributed by atoms with E-state index in [2.05, 4.69) is 19.9 Å². The highest BCUT2D eigenvalue weighted by Gasteiger charge is 2.46. The largest absolute Gasteiger partial charge is 0.368 e. The molecule has 142 valence electrons. The zero-order valence-electron chi connectivity index (χ0n) is 14.4. The molecule has 0 aromatic carbocycles. The Kier molecular flexibility index (Phi) is 4.38. The van der Waals surface area contributed by atoms with E-state index in [9.17, 15) is 4.57 Å². The van der Waals surface area contributed by atoms with Crippen LogP contribution in [0.1, 0.15) is 32.1 Å². The molecule has 2 aromatic heterocycles. The van der Waals surface area contributed by atoms with Gasteiger partial charge in [0.05, 0.1) is 18.5 Å². The fourth-order valence-corrected chi connectivity index (χ4v) is 3.85. The van der Waals surface area contributed by atoms with E-state index in [0.717, 1.165) is 44.6 Å². The minimum absolute atomic E-state index is 0.195. The van der Waals surface area contributed by atoms with Gasteiger partial charge in [0.1, 0.15) is 6.35 Å². The first-order valence-electron chi connectivity index (χ1n) is 8.77. The Balaban J connectivity index is 1.61. The predicted octanol–water partition coefficient (Wildman–Crippen LogP) is 1.08. The number of anilines is 2. The molecule has 1 aliphatic carbocycles. The van der Waals surface area contributed by atoms with Crippen molar-refractivity contribution >= 4 is 30.5 Å². The molecule has 0 radical (unpaired) electrons. The molecule has 2 aromatic rings. The zero-order valence-corrected chi connectivity index (χ0v) is 15.3. The van der Waals surface area contributed by atoms with E-state index >= 15 is 0 Å². The molecule has 1 saturated carbocycles. The summed E-state index contributed by atoms with van der Waals surface area (Å²) in [5.74, 6) is 0.952. The van der Waals surface area contributed by atoms with Crippen molar-refractivity contribution in [2.45, 2.75) is 44.2 Å². The fraction of sp³-hybridized carbons (Fsp3) is 0.667. The molecule has 10 nitrogen and oxygen atoms in total. The van der Waals surface area contributed by atoms with Crippen LogP contribution in [0.2, 0.25) is 0 Å². The first-order valence-corrected chi connectivity index (χ1v) is 10.6. The number of nitrogen functional groups attached to an aromatic ring is 1. The van der Waals surface area contributed by atoms with Crippen LogP contribution >= 0.6 is 7.60 Å². The number of fused-ring (bicyclic) bond motifs is 1. The summed E-state index contributed by atoms with van der Waals surface area (Å²) in [5.41, 5.74) is 6.69. The highest BCUT2D eigenvalue weighted by molar-refractivity contribution is 7.51. The van der Waals surface area contributed by atoms with Gasteiger partial charge in [-0.2, -0.15) is 9.97 Å². The fourth-order valence-electron chi connectivity index (χ4n) is 3.41. The van der Waals surface area contributed by atoms with Crippen molar-refractivity contribution in [2.75, 3.05) is 30.1 Å². The second-order valence-electron chi connectivity index (χ2n) is 7.12. The van der Waals surface area contributed by atoms with Gasteiger partial charge in [-0.3, -0.25) is 4.57 Å². The highest BCUT2D eigenvalue weighted by atomic mass is 31.2. The average Bonchev–Trinajstić information content (AvgIpc) is 3.27. The van der Waals surface area contributed by atoms with Crippen LogP contribution in [0, 0.1) is 0 Å². The number of piperidine rings is 1. The summed E-state index contributed by atoms with van der Waals surface area (Å²) in [6, 6.07) is 0. The van der Waals surface area contributed by atoms with Gasteiger partial charge in [-0.15, -0.1) is 0 Å². The van der Waals surface area contributed by atoms with Gasteiger partial charge in [-0.25, -0.2) is 4.98 Å². The maximum atomic E-state index is 11.1. The molecule has 11 heteroatoms. The van der Waals surface area contributed by atoms with Crippen molar-refractivity contribution in [3.8, 4) is 0 Å². The topological polar surface area (TPSA) is 140 Å². The van der Waals surface area contributed by atoms with Crippen LogP contribution in [-0.2, 0) is 15.8 Å². The number of rotatable bonds is 6. The molecule has 4 N–H and O–H groups in total. The molecular formula is C15H23N6O4P. The van der Waals surface area contributed by atoms with Crippen LogP contribution < -0.4 is 10.6 Å². The van der Waals surface area contributed by atoms with Crippen LogP contribution in [0.25, 0.3) is 11.2 Å². The minimum Gasteiger partial charge on any atom is -0.368 e. The molecule has 4 rings (SSSR count). The van der Waals surface area contributed by atoms with Crippen molar-refractivity contribution in [2.24, 2.45) is 0 Å². The number of nitrogens with two attached hydrogens (primary N) is 1. The molecule has 2 fully saturated rings. The number of ether oxygens (including phenoxy) is 1. The predicted molar refractivity (Wildman–Crippen MR) is 95.8 cm³/mol. The standard InChI is InChI=1S/C15H23N6O4P/c16-14-18-12(20-6-2-1-3-7-20)11-13(19-14)21(9-17-11)8-15(4-5-15)25-10-26(22,23)24/h9H,1-8,10H2,(H2,16,18,19)(H2,22,23,24). The monoisotopic (exact) mass is 382 g/mol. The lowest BCUT2D eigenvalue weighted by Gasteiger charge is -2.27. The third kappa shape index (κ3) is 3.68. The normalized spacial score (nSPS) is 19.8. The summed E-state index contributed by atoms with van der Waals surface area (Å²) < 4.78 is 18.4. The summed E-state index contributed by atoms with van der Waals surface area (Å²) in [6.45, 7) is 2.28. The Bertz CT molecular complexity index is 855. The van der Waals surface area contributed by atoms with Crippen molar-refractivity contribution < 1.29 is 19.1 Å². The van der Waals surface area contributed by atoms with E-state index in [1.807, 2.05) is 4.57 Å². The Hall–Kier alpha value is -1.74. The molecule has 0 spiro atoms. The Labute approximate surface area is 150 Å². The van der Waals surface area contributed by atoms with Gasteiger partial charge in [-0.1, -0.05) is 0 Å². The van der Waals surface area contributed by atoms with Crippen molar-refractivity contribution in [3.63, 3.8) is 0 Å². The SMILES string of the molecule is Nc1nc(N2CCCCC2)c2ncn(CC3(OCP(=O)(O)O)CC3)c2n1. The second-order valence-corrected chi connectivity index (χ2v) is 8.71. The number of hydrogen-bond acceptors (Lipinski definition) is 7. The number of aromatic nitrogens is 4. The van der Waals surface area contributed by atoms with Gasteiger partial charge in [0.25, 0.3) is 0 Å². The summed E-state index contributed by atoms with van der Waals surface area (Å²) in [6.07, 6.45) is 6.03. The van der Waals surface area contributed by atoms with Gasteiger partial charge in [-0.05, 0) is 32.1 Å². The number of hydrogen-bond donors (Lipinski definition) is 3. The van der Waals surface area contributed by atoms with Crippen molar-refractivity contribution in [1.82, 2.24) is 19.5 Å². The summed E-state index contributed by atoms with van der Waals surface area (Å²) in [4.78, 5) is 33.5.